The predicted molar refractivity (Wildman–Crippen MR) is 101 cm³/mol. The minimum Gasteiger partial charge on any atom is -0.478 e. The SMILES string of the molecule is CCOC(=O)c1c(-c2ccc([N+](=O)[O-])cc2)n(-c2ccc(C(=O)O)cc2)[nH]c1=O. The summed E-state index contributed by atoms with van der Waals surface area (Å²) in [7, 11) is 0. The first-order valence-electron chi connectivity index (χ1n) is 8.44. The highest BCUT2D eigenvalue weighted by Gasteiger charge is 2.25. The number of benzene rings is 2. The number of carbonyl (C=O) groups excluding carboxylic acids is 1. The van der Waals surface area contributed by atoms with Crippen LogP contribution in [0.25, 0.3) is 16.9 Å². The zero-order chi connectivity index (χ0) is 21.1. The number of aromatic nitrogens is 2. The van der Waals surface area contributed by atoms with Gasteiger partial charge in [-0.1, -0.05) is 0 Å². The Balaban J connectivity index is 2.22. The topological polar surface area (TPSA) is 145 Å². The van der Waals surface area contributed by atoms with Crippen LogP contribution in [0.4, 0.5) is 5.69 Å². The Morgan fingerprint density at radius 2 is 1.76 bits per heavy atom. The summed E-state index contributed by atoms with van der Waals surface area (Å²) in [6.45, 7) is 1.65. The number of carbonyl (C=O) groups is 2. The summed E-state index contributed by atoms with van der Waals surface area (Å²) in [5.74, 6) is -1.96. The maximum Gasteiger partial charge on any atom is 0.346 e. The predicted octanol–water partition coefficient (Wildman–Crippen LogP) is 2.62. The zero-order valence-electron chi connectivity index (χ0n) is 15.1. The molecule has 0 amide bonds. The molecule has 0 aliphatic carbocycles. The molecule has 29 heavy (non-hydrogen) atoms. The van der Waals surface area contributed by atoms with E-state index in [1.807, 2.05) is 0 Å². The number of carboxylic acid groups (broad SMARTS) is 1. The first-order valence-corrected chi connectivity index (χ1v) is 8.44. The summed E-state index contributed by atoms with van der Waals surface area (Å²) in [6, 6.07) is 10.9. The van der Waals surface area contributed by atoms with E-state index < -0.39 is 22.4 Å². The van der Waals surface area contributed by atoms with Crippen LogP contribution in [0, 0.1) is 10.1 Å². The second-order valence-electron chi connectivity index (χ2n) is 5.88. The molecule has 2 aromatic carbocycles. The van der Waals surface area contributed by atoms with Crippen LogP contribution in [0.5, 0.6) is 0 Å². The van der Waals surface area contributed by atoms with Crippen LogP contribution in [-0.4, -0.2) is 38.4 Å². The van der Waals surface area contributed by atoms with Gasteiger partial charge in [-0.05, 0) is 43.3 Å². The number of nitrogens with zero attached hydrogens (tertiary/aromatic N) is 2. The van der Waals surface area contributed by atoms with Gasteiger partial charge in [-0.25, -0.2) is 9.59 Å². The number of aromatic carboxylic acids is 1. The van der Waals surface area contributed by atoms with Gasteiger partial charge < -0.3 is 9.84 Å². The lowest BCUT2D eigenvalue weighted by atomic mass is 10.1. The van der Waals surface area contributed by atoms with Gasteiger partial charge in [0.15, 0.2) is 5.56 Å². The third kappa shape index (κ3) is 3.76. The summed E-state index contributed by atoms with van der Waals surface area (Å²) < 4.78 is 6.28. The average Bonchev–Trinajstić information content (AvgIpc) is 3.05. The molecule has 0 saturated carbocycles. The number of hydrogen-bond donors (Lipinski definition) is 2. The summed E-state index contributed by atoms with van der Waals surface area (Å²) in [5, 5.41) is 22.5. The highest BCUT2D eigenvalue weighted by atomic mass is 16.6. The van der Waals surface area contributed by atoms with Crippen molar-refractivity contribution in [1.82, 2.24) is 9.78 Å². The minimum atomic E-state index is -1.11. The van der Waals surface area contributed by atoms with E-state index in [0.717, 1.165) is 0 Å². The molecule has 0 unspecified atom stereocenters. The Labute approximate surface area is 163 Å². The van der Waals surface area contributed by atoms with Crippen molar-refractivity contribution >= 4 is 17.6 Å². The summed E-state index contributed by atoms with van der Waals surface area (Å²) >= 11 is 0. The molecule has 0 radical (unpaired) electrons. The van der Waals surface area contributed by atoms with Crippen molar-refractivity contribution in [1.29, 1.82) is 0 Å². The third-order valence-electron chi connectivity index (χ3n) is 4.10. The van der Waals surface area contributed by atoms with Crippen LogP contribution < -0.4 is 5.56 Å². The molecule has 0 saturated heterocycles. The van der Waals surface area contributed by atoms with Gasteiger partial charge in [0, 0.05) is 17.7 Å². The van der Waals surface area contributed by atoms with Crippen molar-refractivity contribution in [2.45, 2.75) is 6.92 Å². The van der Waals surface area contributed by atoms with Gasteiger partial charge in [0.1, 0.15) is 0 Å². The largest absolute Gasteiger partial charge is 0.478 e. The molecule has 0 atom stereocenters. The van der Waals surface area contributed by atoms with Gasteiger partial charge in [-0.15, -0.1) is 0 Å². The highest BCUT2D eigenvalue weighted by Crippen LogP contribution is 2.27. The van der Waals surface area contributed by atoms with E-state index in [-0.39, 0.29) is 29.1 Å². The second-order valence-corrected chi connectivity index (χ2v) is 5.88. The molecule has 0 bridgehead atoms. The number of nitro benzene ring substituents is 1. The molecule has 3 rings (SSSR count). The number of aromatic amines is 1. The number of esters is 1. The molecular formula is C19H15N3O7. The fourth-order valence-corrected chi connectivity index (χ4v) is 2.79. The van der Waals surface area contributed by atoms with Gasteiger partial charge >= 0.3 is 11.9 Å². The van der Waals surface area contributed by atoms with Crippen molar-refractivity contribution in [3.05, 3.63) is 80.1 Å². The van der Waals surface area contributed by atoms with Gasteiger partial charge in [0.2, 0.25) is 0 Å². The molecular weight excluding hydrogens is 382 g/mol. The number of non-ortho nitro benzene ring substituents is 1. The number of carboxylic acids is 1. The van der Waals surface area contributed by atoms with Gasteiger partial charge in [0.05, 0.1) is 28.5 Å². The molecule has 0 aliphatic rings. The van der Waals surface area contributed by atoms with Gasteiger partial charge in [-0.2, -0.15) is 0 Å². The quantitative estimate of drug-likeness (QED) is 0.369. The Kier molecular flexibility index (Phi) is 5.26. The van der Waals surface area contributed by atoms with Crippen LogP contribution in [-0.2, 0) is 4.74 Å². The first-order chi connectivity index (χ1) is 13.8. The number of rotatable bonds is 6. The lowest BCUT2D eigenvalue weighted by Gasteiger charge is -2.10. The van der Waals surface area contributed by atoms with Crippen LogP contribution >= 0.6 is 0 Å². The van der Waals surface area contributed by atoms with E-state index in [9.17, 15) is 24.5 Å². The second kappa shape index (κ2) is 7.80. The van der Waals surface area contributed by atoms with Crippen molar-refractivity contribution < 1.29 is 24.4 Å². The lowest BCUT2D eigenvalue weighted by molar-refractivity contribution is -0.384. The molecule has 2 N–H and O–H groups in total. The molecule has 1 aromatic heterocycles. The third-order valence-corrected chi connectivity index (χ3v) is 4.10. The van der Waals surface area contributed by atoms with E-state index in [0.29, 0.717) is 11.3 Å². The Morgan fingerprint density at radius 3 is 2.28 bits per heavy atom. The van der Waals surface area contributed by atoms with Crippen molar-refractivity contribution in [2.75, 3.05) is 6.61 Å². The number of ether oxygens (including phenoxy) is 1. The molecule has 3 aromatic rings. The molecule has 148 valence electrons. The summed E-state index contributed by atoms with van der Waals surface area (Å²) in [6.07, 6.45) is 0. The molecule has 1 heterocycles. The molecule has 10 nitrogen and oxygen atoms in total. The van der Waals surface area contributed by atoms with E-state index in [1.54, 1.807) is 6.92 Å². The van der Waals surface area contributed by atoms with Crippen LogP contribution in [0.15, 0.2) is 53.3 Å². The van der Waals surface area contributed by atoms with Gasteiger partial charge in [0.25, 0.3) is 11.2 Å². The van der Waals surface area contributed by atoms with E-state index in [4.69, 9.17) is 9.84 Å². The maximum absolute atomic E-state index is 12.5. The smallest absolute Gasteiger partial charge is 0.346 e. The van der Waals surface area contributed by atoms with Crippen molar-refractivity contribution in [3.63, 3.8) is 0 Å². The number of nitro groups is 1. The number of nitrogens with one attached hydrogen (secondary N) is 1. The summed E-state index contributed by atoms with van der Waals surface area (Å²) in [5.41, 5.74) is -0.184. The molecule has 0 spiro atoms. The Bertz CT molecular complexity index is 1140. The fourth-order valence-electron chi connectivity index (χ4n) is 2.79. The van der Waals surface area contributed by atoms with Crippen LogP contribution in [0.3, 0.4) is 0 Å². The highest BCUT2D eigenvalue weighted by molar-refractivity contribution is 5.96. The zero-order valence-corrected chi connectivity index (χ0v) is 15.1. The molecule has 10 heteroatoms. The van der Waals surface area contributed by atoms with E-state index in [2.05, 4.69) is 5.10 Å². The molecule has 0 aliphatic heterocycles. The standard InChI is InChI=1S/C19H15N3O7/c1-2-29-19(26)15-16(11-3-9-14(10-4-11)22(27)28)21(20-17(15)23)13-7-5-12(6-8-13)18(24)25/h3-10H,2H2,1H3,(H,20,23)(H,24,25). The first kappa shape index (κ1) is 19.5. The number of H-pyrrole nitrogens is 1. The van der Waals surface area contributed by atoms with E-state index >= 15 is 0 Å². The maximum atomic E-state index is 12.5. The van der Waals surface area contributed by atoms with Gasteiger partial charge in [-0.3, -0.25) is 24.7 Å². The van der Waals surface area contributed by atoms with Crippen LogP contribution in [0.2, 0.25) is 0 Å². The summed E-state index contributed by atoms with van der Waals surface area (Å²) in [4.78, 5) is 46.3. The van der Waals surface area contributed by atoms with Crippen LogP contribution in [0.1, 0.15) is 27.6 Å². The molecule has 0 fully saturated rings. The average molecular weight is 397 g/mol. The number of hydrogen-bond acceptors (Lipinski definition) is 6. The minimum absolute atomic E-state index is 0.0470. The Hall–Kier alpha value is -4.21. The van der Waals surface area contributed by atoms with E-state index in [1.165, 1.54) is 53.2 Å². The fraction of sp³-hybridized carbons (Fsp3) is 0.105. The monoisotopic (exact) mass is 397 g/mol. The van der Waals surface area contributed by atoms with Crippen molar-refractivity contribution in [2.24, 2.45) is 0 Å². The Morgan fingerprint density at radius 1 is 1.14 bits per heavy atom. The van der Waals surface area contributed by atoms with Crippen molar-refractivity contribution in [3.8, 4) is 16.9 Å². The normalized spacial score (nSPS) is 10.5. The lowest BCUT2D eigenvalue weighted by Crippen LogP contribution is -2.15.